The van der Waals surface area contributed by atoms with Gasteiger partial charge in [0.05, 0.1) is 37.0 Å². The van der Waals surface area contributed by atoms with E-state index in [9.17, 15) is 14.7 Å². The number of morpholine rings is 1. The largest absolute Gasteiger partial charge is 0.483 e. The highest BCUT2D eigenvalue weighted by molar-refractivity contribution is 5.97. The number of hydrogen-bond donors (Lipinski definition) is 2. The van der Waals surface area contributed by atoms with Gasteiger partial charge in [0, 0.05) is 25.5 Å². The first-order valence-corrected chi connectivity index (χ1v) is 8.20. The maximum absolute atomic E-state index is 12.8. The van der Waals surface area contributed by atoms with Gasteiger partial charge in [-0.15, -0.1) is 0 Å². The molecule has 1 saturated carbocycles. The molecule has 1 aromatic rings. The van der Waals surface area contributed by atoms with Crippen molar-refractivity contribution in [2.24, 2.45) is 5.92 Å². The second-order valence-corrected chi connectivity index (χ2v) is 6.05. The van der Waals surface area contributed by atoms with Gasteiger partial charge < -0.3 is 24.6 Å². The summed E-state index contributed by atoms with van der Waals surface area (Å²) >= 11 is 0. The Balaban J connectivity index is 0.000000758. The van der Waals surface area contributed by atoms with Crippen LogP contribution in [0.1, 0.15) is 33.6 Å². The first-order chi connectivity index (χ1) is 12.5. The second kappa shape index (κ2) is 9.25. The predicted molar refractivity (Wildman–Crippen MR) is 88.6 cm³/mol. The molecule has 0 radical (unpaired) electrons. The number of hydrogen-bond acceptors (Lipinski definition) is 7. The molecule has 3 atom stereocenters. The normalized spacial score (nSPS) is 24.1. The summed E-state index contributed by atoms with van der Waals surface area (Å²) < 4.78 is 10.4. The topological polar surface area (TPSA) is 126 Å². The van der Waals surface area contributed by atoms with Crippen molar-refractivity contribution in [2.45, 2.75) is 25.0 Å². The third kappa shape index (κ3) is 4.36. The average molecular weight is 366 g/mol. The Morgan fingerprint density at radius 3 is 2.73 bits per heavy atom. The summed E-state index contributed by atoms with van der Waals surface area (Å²) in [6.07, 6.45) is 4.31. The van der Waals surface area contributed by atoms with Crippen LogP contribution in [0, 0.1) is 5.92 Å². The molecular formula is C17H22N2O7. The molecule has 0 spiro atoms. The molecule has 1 saturated heterocycles. The van der Waals surface area contributed by atoms with Crippen molar-refractivity contribution in [1.82, 2.24) is 9.88 Å². The molecule has 1 unspecified atom stereocenters. The van der Waals surface area contributed by atoms with Crippen LogP contribution < -0.4 is 0 Å². The maximum Gasteiger partial charge on any atom is 0.339 e. The van der Waals surface area contributed by atoms with E-state index in [0.29, 0.717) is 18.7 Å². The third-order valence-electron chi connectivity index (χ3n) is 4.56. The zero-order valence-electron chi connectivity index (χ0n) is 14.4. The molecule has 142 valence electrons. The SMILES string of the molecule is COC(=O)c1cncc(C(=O)N2CCOC3C[C@H](CO)C[C@@H]32)c1.O=CO. The van der Waals surface area contributed by atoms with Gasteiger partial charge in [-0.2, -0.15) is 0 Å². The van der Waals surface area contributed by atoms with Crippen molar-refractivity contribution in [3.8, 4) is 0 Å². The molecule has 1 aliphatic carbocycles. The van der Waals surface area contributed by atoms with Crippen molar-refractivity contribution >= 4 is 18.3 Å². The molecule has 2 heterocycles. The lowest BCUT2D eigenvalue weighted by Crippen LogP contribution is -2.51. The Bertz CT molecular complexity index is 652. The Hall–Kier alpha value is -2.52. The van der Waals surface area contributed by atoms with E-state index in [0.717, 1.165) is 12.8 Å². The van der Waals surface area contributed by atoms with Gasteiger partial charge in [0.25, 0.3) is 12.4 Å². The molecule has 9 nitrogen and oxygen atoms in total. The summed E-state index contributed by atoms with van der Waals surface area (Å²) in [5.74, 6) is -0.522. The van der Waals surface area contributed by atoms with Gasteiger partial charge in [-0.05, 0) is 24.8 Å². The van der Waals surface area contributed by atoms with Crippen LogP contribution in [0.5, 0.6) is 0 Å². The summed E-state index contributed by atoms with van der Waals surface area (Å²) in [6, 6.07) is 1.47. The Morgan fingerprint density at radius 2 is 2.08 bits per heavy atom. The zero-order chi connectivity index (χ0) is 19.1. The van der Waals surface area contributed by atoms with Crippen molar-refractivity contribution in [1.29, 1.82) is 0 Å². The average Bonchev–Trinajstić information content (AvgIpc) is 3.11. The van der Waals surface area contributed by atoms with E-state index in [1.165, 1.54) is 25.6 Å². The van der Waals surface area contributed by atoms with Gasteiger partial charge in [-0.25, -0.2) is 4.79 Å². The molecule has 0 bridgehead atoms. The summed E-state index contributed by atoms with van der Waals surface area (Å²) in [6.45, 7) is 0.841. The molecule has 26 heavy (non-hydrogen) atoms. The minimum absolute atomic E-state index is 0.0263. The Labute approximate surface area is 150 Å². The van der Waals surface area contributed by atoms with Gasteiger partial charge >= 0.3 is 5.97 Å². The van der Waals surface area contributed by atoms with Crippen LogP contribution in [0.15, 0.2) is 18.5 Å². The summed E-state index contributed by atoms with van der Waals surface area (Å²) in [5.41, 5.74) is 0.615. The molecule has 9 heteroatoms. The molecule has 1 amide bonds. The number of aliphatic hydroxyl groups is 1. The quantitative estimate of drug-likeness (QED) is 0.573. The van der Waals surface area contributed by atoms with E-state index in [4.69, 9.17) is 14.6 Å². The van der Waals surface area contributed by atoms with Crippen LogP contribution in [0.2, 0.25) is 0 Å². The Kier molecular flexibility index (Phi) is 7.05. The molecule has 1 aromatic heterocycles. The number of methoxy groups -OCH3 is 1. The fourth-order valence-corrected chi connectivity index (χ4v) is 3.40. The van der Waals surface area contributed by atoms with E-state index in [2.05, 4.69) is 9.72 Å². The van der Waals surface area contributed by atoms with Gasteiger partial charge in [0.2, 0.25) is 0 Å². The van der Waals surface area contributed by atoms with Crippen LogP contribution in [0.25, 0.3) is 0 Å². The standard InChI is InChI=1S/C16H20N2O5.CH2O2/c1-22-16(21)12-6-11(7-17-8-12)15(20)18-2-3-23-14-5-10(9-19)4-13(14)18;2-1-3/h6-8,10,13-14,19H,2-5,9H2,1H3;1H,(H,2,3)/t10-,13+,14?;/m1./s1. The van der Waals surface area contributed by atoms with E-state index in [1.54, 1.807) is 4.90 Å². The molecule has 1 aliphatic heterocycles. The van der Waals surface area contributed by atoms with Crippen LogP contribution in [0.3, 0.4) is 0 Å². The molecule has 2 fully saturated rings. The van der Waals surface area contributed by atoms with Crippen LogP contribution in [0.4, 0.5) is 0 Å². The number of fused-ring (bicyclic) bond motifs is 1. The highest BCUT2D eigenvalue weighted by Crippen LogP contribution is 2.34. The smallest absolute Gasteiger partial charge is 0.339 e. The van der Waals surface area contributed by atoms with Crippen molar-refractivity contribution < 1.29 is 34.1 Å². The number of ether oxygens (including phenoxy) is 2. The van der Waals surface area contributed by atoms with Gasteiger partial charge in [-0.3, -0.25) is 14.6 Å². The number of esters is 1. The molecular weight excluding hydrogens is 344 g/mol. The van der Waals surface area contributed by atoms with Gasteiger partial charge in [0.1, 0.15) is 0 Å². The fraction of sp³-hybridized carbons (Fsp3) is 0.529. The maximum atomic E-state index is 12.8. The van der Waals surface area contributed by atoms with Crippen LogP contribution >= 0.6 is 0 Å². The molecule has 2 N–H and O–H groups in total. The van der Waals surface area contributed by atoms with Crippen molar-refractivity contribution in [3.63, 3.8) is 0 Å². The number of aromatic nitrogens is 1. The number of rotatable bonds is 3. The number of carbonyl (C=O) groups excluding carboxylic acids is 2. The number of amides is 1. The number of aliphatic hydroxyl groups excluding tert-OH is 1. The lowest BCUT2D eigenvalue weighted by atomic mass is 10.1. The van der Waals surface area contributed by atoms with E-state index in [1.807, 2.05) is 0 Å². The number of carbonyl (C=O) groups is 3. The summed E-state index contributed by atoms with van der Waals surface area (Å²) in [4.78, 5) is 38.5. The lowest BCUT2D eigenvalue weighted by molar-refractivity contribution is -0.122. The van der Waals surface area contributed by atoms with Gasteiger partial charge in [0.15, 0.2) is 0 Å². The zero-order valence-corrected chi connectivity index (χ0v) is 14.4. The second-order valence-electron chi connectivity index (χ2n) is 6.05. The van der Waals surface area contributed by atoms with Crippen molar-refractivity contribution in [3.05, 3.63) is 29.6 Å². The minimum Gasteiger partial charge on any atom is -0.483 e. The Morgan fingerprint density at radius 1 is 1.38 bits per heavy atom. The molecule has 3 rings (SSSR count). The summed E-state index contributed by atoms with van der Waals surface area (Å²) in [5, 5.41) is 16.2. The molecule has 2 aliphatic rings. The van der Waals surface area contributed by atoms with Crippen molar-refractivity contribution in [2.75, 3.05) is 26.9 Å². The van der Waals surface area contributed by atoms with E-state index in [-0.39, 0.29) is 42.6 Å². The lowest BCUT2D eigenvalue weighted by Gasteiger charge is -2.37. The summed E-state index contributed by atoms with van der Waals surface area (Å²) in [7, 11) is 1.29. The third-order valence-corrected chi connectivity index (χ3v) is 4.56. The predicted octanol–water partition coefficient (Wildman–Crippen LogP) is 0.181. The van der Waals surface area contributed by atoms with E-state index < -0.39 is 5.97 Å². The molecule has 0 aromatic carbocycles. The highest BCUT2D eigenvalue weighted by Gasteiger charge is 2.42. The van der Waals surface area contributed by atoms with E-state index >= 15 is 0 Å². The van der Waals surface area contributed by atoms with Crippen LogP contribution in [-0.4, -0.2) is 77.5 Å². The first kappa shape index (κ1) is 19.8. The monoisotopic (exact) mass is 366 g/mol. The minimum atomic E-state index is -0.520. The fourth-order valence-electron chi connectivity index (χ4n) is 3.40. The number of carboxylic acid groups (broad SMARTS) is 1. The number of nitrogens with zero attached hydrogens (tertiary/aromatic N) is 2. The van der Waals surface area contributed by atoms with Gasteiger partial charge in [-0.1, -0.05) is 0 Å². The highest BCUT2D eigenvalue weighted by atomic mass is 16.5. The van der Waals surface area contributed by atoms with Crippen LogP contribution in [-0.2, 0) is 14.3 Å². The number of pyridine rings is 1. The first-order valence-electron chi connectivity index (χ1n) is 8.20.